The summed E-state index contributed by atoms with van der Waals surface area (Å²) in [6, 6.07) is 12.7. The molecule has 0 fully saturated rings. The molecular formula is C17H16Cl2N2O. The van der Waals surface area contributed by atoms with E-state index >= 15 is 0 Å². The first kappa shape index (κ1) is 16.5. The van der Waals surface area contributed by atoms with Gasteiger partial charge >= 0.3 is 0 Å². The Morgan fingerprint density at radius 2 is 1.77 bits per heavy atom. The largest absolute Gasteiger partial charge is 0.271 e. The van der Waals surface area contributed by atoms with Crippen LogP contribution in [0.25, 0.3) is 0 Å². The van der Waals surface area contributed by atoms with E-state index in [1.807, 2.05) is 24.3 Å². The zero-order valence-electron chi connectivity index (χ0n) is 12.3. The van der Waals surface area contributed by atoms with Crippen molar-refractivity contribution in [3.05, 3.63) is 69.2 Å². The first-order valence-electron chi connectivity index (χ1n) is 6.86. The number of nitrogens with zero attached hydrogens (tertiary/aromatic N) is 1. The van der Waals surface area contributed by atoms with Crippen molar-refractivity contribution in [3.8, 4) is 0 Å². The van der Waals surface area contributed by atoms with Crippen molar-refractivity contribution in [1.82, 2.24) is 5.43 Å². The second-order valence-corrected chi connectivity index (χ2v) is 5.96. The highest BCUT2D eigenvalue weighted by molar-refractivity contribution is 6.42. The molecule has 0 radical (unpaired) electrons. The first-order valence-corrected chi connectivity index (χ1v) is 7.61. The highest BCUT2D eigenvalue weighted by Crippen LogP contribution is 2.22. The summed E-state index contributed by atoms with van der Waals surface area (Å²) in [6.45, 7) is 4.28. The van der Waals surface area contributed by atoms with Crippen molar-refractivity contribution in [3.63, 3.8) is 0 Å². The van der Waals surface area contributed by atoms with Gasteiger partial charge in [-0.25, -0.2) is 5.43 Å². The van der Waals surface area contributed by atoms with Gasteiger partial charge in [-0.05, 0) is 35.2 Å². The Morgan fingerprint density at radius 1 is 1.09 bits per heavy atom. The summed E-state index contributed by atoms with van der Waals surface area (Å²) in [6.07, 6.45) is 1.60. The van der Waals surface area contributed by atoms with E-state index in [9.17, 15) is 4.79 Å². The Kier molecular flexibility index (Phi) is 5.58. The van der Waals surface area contributed by atoms with Crippen LogP contribution in [0.5, 0.6) is 0 Å². The lowest BCUT2D eigenvalue weighted by Gasteiger charge is -2.04. The van der Waals surface area contributed by atoms with E-state index < -0.39 is 0 Å². The monoisotopic (exact) mass is 334 g/mol. The number of hydrogen-bond acceptors (Lipinski definition) is 2. The molecule has 2 rings (SSSR count). The third-order valence-electron chi connectivity index (χ3n) is 3.16. The fraction of sp³-hybridized carbons (Fsp3) is 0.176. The van der Waals surface area contributed by atoms with E-state index in [1.165, 1.54) is 11.6 Å². The molecule has 1 N–H and O–H groups in total. The Bertz CT molecular complexity index is 694. The van der Waals surface area contributed by atoms with Crippen molar-refractivity contribution in [1.29, 1.82) is 0 Å². The average molecular weight is 335 g/mol. The van der Waals surface area contributed by atoms with E-state index in [-0.39, 0.29) is 5.91 Å². The highest BCUT2D eigenvalue weighted by Gasteiger charge is 2.06. The average Bonchev–Trinajstić information content (AvgIpc) is 2.50. The number of rotatable bonds is 4. The second kappa shape index (κ2) is 7.43. The number of carbonyl (C=O) groups is 1. The Morgan fingerprint density at radius 3 is 2.36 bits per heavy atom. The molecule has 0 spiro atoms. The van der Waals surface area contributed by atoms with Crippen LogP contribution in [-0.4, -0.2) is 12.1 Å². The predicted molar refractivity (Wildman–Crippen MR) is 92.1 cm³/mol. The van der Waals surface area contributed by atoms with Crippen LogP contribution in [0, 0.1) is 0 Å². The molecule has 0 atom stereocenters. The van der Waals surface area contributed by atoms with Gasteiger partial charge in [-0.2, -0.15) is 5.10 Å². The van der Waals surface area contributed by atoms with Crippen molar-refractivity contribution in [2.45, 2.75) is 19.8 Å². The molecule has 0 aromatic heterocycles. The summed E-state index contributed by atoms with van der Waals surface area (Å²) < 4.78 is 0. The maximum Gasteiger partial charge on any atom is 0.271 e. The van der Waals surface area contributed by atoms with Crippen LogP contribution in [0.4, 0.5) is 0 Å². The van der Waals surface area contributed by atoms with E-state index in [4.69, 9.17) is 23.2 Å². The number of carbonyl (C=O) groups excluding carboxylic acids is 1. The molecule has 1 amide bonds. The van der Waals surface area contributed by atoms with Crippen LogP contribution >= 0.6 is 23.2 Å². The van der Waals surface area contributed by atoms with Gasteiger partial charge in [0, 0.05) is 5.56 Å². The fourth-order valence-electron chi connectivity index (χ4n) is 1.83. The number of hydrazone groups is 1. The number of nitrogens with one attached hydrogen (secondary N) is 1. The SMILES string of the molecule is CC(C)c1ccc(/C=N/NC(=O)c2ccc(Cl)c(Cl)c2)cc1. The smallest absolute Gasteiger partial charge is 0.267 e. The molecule has 0 heterocycles. The van der Waals surface area contributed by atoms with Gasteiger partial charge in [0.1, 0.15) is 0 Å². The number of benzene rings is 2. The van der Waals surface area contributed by atoms with Crippen molar-refractivity contribution >= 4 is 35.3 Å². The van der Waals surface area contributed by atoms with Crippen LogP contribution < -0.4 is 5.43 Å². The van der Waals surface area contributed by atoms with Gasteiger partial charge in [-0.15, -0.1) is 0 Å². The molecule has 0 saturated heterocycles. The Hall–Kier alpha value is -1.84. The van der Waals surface area contributed by atoms with Crippen LogP contribution in [0.15, 0.2) is 47.6 Å². The minimum Gasteiger partial charge on any atom is -0.267 e. The normalized spacial score (nSPS) is 11.1. The minimum atomic E-state index is -0.339. The fourth-order valence-corrected chi connectivity index (χ4v) is 2.13. The molecule has 0 unspecified atom stereocenters. The van der Waals surface area contributed by atoms with Crippen LogP contribution in [-0.2, 0) is 0 Å². The van der Waals surface area contributed by atoms with E-state index in [0.29, 0.717) is 21.5 Å². The molecule has 2 aromatic rings. The second-order valence-electron chi connectivity index (χ2n) is 5.15. The van der Waals surface area contributed by atoms with E-state index in [2.05, 4.69) is 24.4 Å². The van der Waals surface area contributed by atoms with Gasteiger partial charge in [-0.3, -0.25) is 4.79 Å². The number of amides is 1. The standard InChI is InChI=1S/C17H16Cl2N2O/c1-11(2)13-5-3-12(4-6-13)10-20-21-17(22)14-7-8-15(18)16(19)9-14/h3-11H,1-2H3,(H,21,22)/b20-10+. The maximum absolute atomic E-state index is 11.9. The Labute approximate surface area is 139 Å². The molecule has 0 aliphatic rings. The predicted octanol–water partition coefficient (Wildman–Crippen LogP) is 4.88. The lowest BCUT2D eigenvalue weighted by atomic mass is 10.0. The van der Waals surface area contributed by atoms with Crippen LogP contribution in [0.3, 0.4) is 0 Å². The van der Waals surface area contributed by atoms with Crippen molar-refractivity contribution in [2.75, 3.05) is 0 Å². The zero-order chi connectivity index (χ0) is 16.1. The van der Waals surface area contributed by atoms with Gasteiger partial charge in [0.05, 0.1) is 16.3 Å². The summed E-state index contributed by atoms with van der Waals surface area (Å²) in [5.41, 5.74) is 5.04. The molecule has 114 valence electrons. The lowest BCUT2D eigenvalue weighted by molar-refractivity contribution is 0.0955. The summed E-state index contributed by atoms with van der Waals surface area (Å²) in [4.78, 5) is 11.9. The quantitative estimate of drug-likeness (QED) is 0.628. The minimum absolute atomic E-state index is 0.336. The molecule has 0 aliphatic heterocycles. The molecule has 0 bridgehead atoms. The first-order chi connectivity index (χ1) is 10.5. The molecule has 2 aromatic carbocycles. The summed E-state index contributed by atoms with van der Waals surface area (Å²) >= 11 is 11.7. The summed E-state index contributed by atoms with van der Waals surface area (Å²) in [5.74, 6) is 0.147. The van der Waals surface area contributed by atoms with Crippen molar-refractivity contribution < 1.29 is 4.79 Å². The lowest BCUT2D eigenvalue weighted by Crippen LogP contribution is -2.17. The third kappa shape index (κ3) is 4.33. The highest BCUT2D eigenvalue weighted by atomic mass is 35.5. The molecule has 0 aliphatic carbocycles. The number of halogens is 2. The number of hydrogen-bond donors (Lipinski definition) is 1. The van der Waals surface area contributed by atoms with Crippen LogP contribution in [0.1, 0.15) is 41.3 Å². The van der Waals surface area contributed by atoms with E-state index in [1.54, 1.807) is 18.3 Å². The summed E-state index contributed by atoms with van der Waals surface area (Å²) in [5, 5.41) is 4.69. The molecule has 22 heavy (non-hydrogen) atoms. The Balaban J connectivity index is 1.99. The summed E-state index contributed by atoms with van der Waals surface area (Å²) in [7, 11) is 0. The van der Waals surface area contributed by atoms with Gasteiger partial charge < -0.3 is 0 Å². The maximum atomic E-state index is 11.9. The van der Waals surface area contributed by atoms with E-state index in [0.717, 1.165) is 5.56 Å². The molecule has 3 nitrogen and oxygen atoms in total. The van der Waals surface area contributed by atoms with Gasteiger partial charge in [0.15, 0.2) is 0 Å². The van der Waals surface area contributed by atoms with Gasteiger partial charge in [0.25, 0.3) is 5.91 Å². The van der Waals surface area contributed by atoms with Crippen molar-refractivity contribution in [2.24, 2.45) is 5.10 Å². The zero-order valence-corrected chi connectivity index (χ0v) is 13.8. The van der Waals surface area contributed by atoms with Crippen LogP contribution in [0.2, 0.25) is 10.0 Å². The molecule has 5 heteroatoms. The molecule has 0 saturated carbocycles. The van der Waals surface area contributed by atoms with Gasteiger partial charge in [-0.1, -0.05) is 61.3 Å². The topological polar surface area (TPSA) is 41.5 Å². The molecular weight excluding hydrogens is 319 g/mol. The van der Waals surface area contributed by atoms with Gasteiger partial charge in [0.2, 0.25) is 0 Å². The third-order valence-corrected chi connectivity index (χ3v) is 3.90.